The summed E-state index contributed by atoms with van der Waals surface area (Å²) in [7, 11) is -2.03. The van der Waals surface area contributed by atoms with E-state index in [9.17, 15) is 18.0 Å². The van der Waals surface area contributed by atoms with E-state index in [1.54, 1.807) is 35.2 Å². The average Bonchev–Trinajstić information content (AvgIpc) is 2.85. The molecular formula is C26H36ClN3O5S. The third-order valence-corrected chi connectivity index (χ3v) is 7.31. The van der Waals surface area contributed by atoms with Gasteiger partial charge in [-0.1, -0.05) is 43.6 Å². The number of rotatable bonds is 14. The normalized spacial score (nSPS) is 12.0. The molecule has 8 nitrogen and oxygen atoms in total. The quantitative estimate of drug-likeness (QED) is 0.389. The summed E-state index contributed by atoms with van der Waals surface area (Å²) in [6, 6.07) is 13.3. The van der Waals surface area contributed by atoms with E-state index in [4.69, 9.17) is 16.3 Å². The first-order chi connectivity index (χ1) is 17.1. The Labute approximate surface area is 219 Å². The van der Waals surface area contributed by atoms with Crippen LogP contribution >= 0.6 is 11.6 Å². The molecule has 1 unspecified atom stereocenters. The molecule has 0 radical (unpaired) electrons. The number of amides is 2. The monoisotopic (exact) mass is 537 g/mol. The summed E-state index contributed by atoms with van der Waals surface area (Å²) in [5.41, 5.74) is 1.23. The van der Waals surface area contributed by atoms with E-state index < -0.39 is 16.1 Å². The van der Waals surface area contributed by atoms with Crippen molar-refractivity contribution in [3.8, 4) is 5.75 Å². The van der Waals surface area contributed by atoms with Crippen molar-refractivity contribution >= 4 is 39.1 Å². The van der Waals surface area contributed by atoms with Crippen molar-refractivity contribution in [3.63, 3.8) is 0 Å². The molecular weight excluding hydrogens is 502 g/mol. The van der Waals surface area contributed by atoms with Gasteiger partial charge in [-0.2, -0.15) is 0 Å². The molecule has 0 saturated carbocycles. The minimum atomic E-state index is -3.57. The smallest absolute Gasteiger partial charge is 0.242 e. The molecule has 1 N–H and O–H groups in total. The Morgan fingerprint density at radius 1 is 1.08 bits per heavy atom. The van der Waals surface area contributed by atoms with E-state index in [1.165, 1.54) is 11.4 Å². The SMILES string of the molecule is CCCNC(=O)C(CC)N(Cc1ccccc1Cl)C(=O)CCCN(c1ccc(OC)cc1)S(C)(=O)=O. The largest absolute Gasteiger partial charge is 0.497 e. The van der Waals surface area contributed by atoms with Gasteiger partial charge in [-0.15, -0.1) is 0 Å². The second kappa shape index (κ2) is 14.1. The van der Waals surface area contributed by atoms with Crippen molar-refractivity contribution < 1.29 is 22.7 Å². The lowest BCUT2D eigenvalue weighted by Crippen LogP contribution is -2.49. The fraction of sp³-hybridized carbons (Fsp3) is 0.462. The van der Waals surface area contributed by atoms with E-state index in [0.29, 0.717) is 29.4 Å². The molecule has 0 aromatic heterocycles. The Hall–Kier alpha value is -2.78. The number of carbonyl (C=O) groups excluding carboxylic acids is 2. The van der Waals surface area contributed by atoms with Gasteiger partial charge in [-0.05, 0) is 55.2 Å². The van der Waals surface area contributed by atoms with Gasteiger partial charge in [0.1, 0.15) is 11.8 Å². The lowest BCUT2D eigenvalue weighted by molar-refractivity contribution is -0.141. The summed E-state index contributed by atoms with van der Waals surface area (Å²) < 4.78 is 31.3. The second-order valence-electron chi connectivity index (χ2n) is 8.46. The second-order valence-corrected chi connectivity index (χ2v) is 10.8. The van der Waals surface area contributed by atoms with Gasteiger partial charge in [0.15, 0.2) is 0 Å². The molecule has 0 aliphatic heterocycles. The molecule has 198 valence electrons. The Morgan fingerprint density at radius 2 is 1.75 bits per heavy atom. The van der Waals surface area contributed by atoms with Crippen LogP contribution in [-0.2, 0) is 26.2 Å². The summed E-state index contributed by atoms with van der Waals surface area (Å²) in [4.78, 5) is 27.8. The van der Waals surface area contributed by atoms with Crippen LogP contribution in [0.2, 0.25) is 5.02 Å². The van der Waals surface area contributed by atoms with E-state index in [-0.39, 0.29) is 37.7 Å². The number of nitrogens with zero attached hydrogens (tertiary/aromatic N) is 2. The first-order valence-corrected chi connectivity index (χ1v) is 14.3. The van der Waals surface area contributed by atoms with Gasteiger partial charge in [-0.3, -0.25) is 13.9 Å². The van der Waals surface area contributed by atoms with Crippen molar-refractivity contribution in [2.24, 2.45) is 0 Å². The number of benzene rings is 2. The summed E-state index contributed by atoms with van der Waals surface area (Å²) in [6.45, 7) is 4.65. The number of anilines is 1. The van der Waals surface area contributed by atoms with Crippen LogP contribution in [0.5, 0.6) is 5.75 Å². The molecule has 0 aliphatic rings. The van der Waals surface area contributed by atoms with Gasteiger partial charge in [0.25, 0.3) is 0 Å². The van der Waals surface area contributed by atoms with Crippen LogP contribution in [0.1, 0.15) is 45.1 Å². The molecule has 0 spiro atoms. The Kier molecular flexibility index (Phi) is 11.5. The number of hydrogen-bond acceptors (Lipinski definition) is 5. The number of ether oxygens (including phenoxy) is 1. The molecule has 10 heteroatoms. The van der Waals surface area contributed by atoms with Crippen molar-refractivity contribution in [1.82, 2.24) is 10.2 Å². The topological polar surface area (TPSA) is 96.0 Å². The summed E-state index contributed by atoms with van der Waals surface area (Å²) in [6.07, 6.45) is 2.71. The maximum Gasteiger partial charge on any atom is 0.242 e. The molecule has 0 heterocycles. The van der Waals surface area contributed by atoms with Gasteiger partial charge in [0.2, 0.25) is 21.8 Å². The van der Waals surface area contributed by atoms with Crippen molar-refractivity contribution in [3.05, 3.63) is 59.1 Å². The molecule has 36 heavy (non-hydrogen) atoms. The zero-order chi connectivity index (χ0) is 26.7. The van der Waals surface area contributed by atoms with E-state index in [0.717, 1.165) is 18.2 Å². The fourth-order valence-electron chi connectivity index (χ4n) is 3.85. The predicted octanol–water partition coefficient (Wildman–Crippen LogP) is 4.23. The molecule has 0 bridgehead atoms. The fourth-order valence-corrected chi connectivity index (χ4v) is 5.01. The molecule has 2 rings (SSSR count). The Morgan fingerprint density at radius 3 is 2.31 bits per heavy atom. The number of nitrogens with one attached hydrogen (secondary N) is 1. The molecule has 1 atom stereocenters. The van der Waals surface area contributed by atoms with Crippen molar-refractivity contribution in [2.45, 2.75) is 52.1 Å². The van der Waals surface area contributed by atoms with Crippen LogP contribution in [0.15, 0.2) is 48.5 Å². The zero-order valence-corrected chi connectivity index (χ0v) is 22.9. The summed E-state index contributed by atoms with van der Waals surface area (Å²) in [5.74, 6) is 0.164. The highest BCUT2D eigenvalue weighted by atomic mass is 35.5. The summed E-state index contributed by atoms with van der Waals surface area (Å²) >= 11 is 6.35. The lowest BCUT2D eigenvalue weighted by atomic mass is 10.1. The van der Waals surface area contributed by atoms with Gasteiger partial charge in [0.05, 0.1) is 19.1 Å². The molecule has 2 aromatic rings. The minimum absolute atomic E-state index is 0.0736. The molecule has 0 fully saturated rings. The molecule has 0 saturated heterocycles. The van der Waals surface area contributed by atoms with E-state index in [2.05, 4.69) is 5.32 Å². The van der Waals surface area contributed by atoms with Gasteiger partial charge in [-0.25, -0.2) is 8.42 Å². The van der Waals surface area contributed by atoms with Crippen LogP contribution in [0.4, 0.5) is 5.69 Å². The number of hydrogen-bond donors (Lipinski definition) is 1. The average molecular weight is 538 g/mol. The van der Waals surface area contributed by atoms with Crippen molar-refractivity contribution in [2.75, 3.05) is 30.8 Å². The molecule has 2 amide bonds. The molecule has 2 aromatic carbocycles. The molecule has 0 aliphatic carbocycles. The van der Waals surface area contributed by atoms with Crippen LogP contribution in [-0.4, -0.2) is 57.6 Å². The third kappa shape index (κ3) is 8.41. The predicted molar refractivity (Wildman–Crippen MR) is 144 cm³/mol. The zero-order valence-electron chi connectivity index (χ0n) is 21.4. The Balaban J connectivity index is 2.20. The number of carbonyl (C=O) groups is 2. The summed E-state index contributed by atoms with van der Waals surface area (Å²) in [5, 5.41) is 3.40. The van der Waals surface area contributed by atoms with Crippen LogP contribution in [0, 0.1) is 0 Å². The van der Waals surface area contributed by atoms with Crippen LogP contribution < -0.4 is 14.4 Å². The number of sulfonamides is 1. The highest BCUT2D eigenvalue weighted by Crippen LogP contribution is 2.23. The van der Waals surface area contributed by atoms with Crippen LogP contribution in [0.3, 0.4) is 0 Å². The highest BCUT2D eigenvalue weighted by Gasteiger charge is 2.29. The number of halogens is 1. The van der Waals surface area contributed by atoms with Crippen molar-refractivity contribution in [1.29, 1.82) is 0 Å². The van der Waals surface area contributed by atoms with Gasteiger partial charge in [0, 0.05) is 31.1 Å². The van der Waals surface area contributed by atoms with E-state index in [1.807, 2.05) is 32.0 Å². The first kappa shape index (κ1) is 29.5. The van der Waals surface area contributed by atoms with Crippen LogP contribution in [0.25, 0.3) is 0 Å². The van der Waals surface area contributed by atoms with Gasteiger partial charge < -0.3 is 15.0 Å². The van der Waals surface area contributed by atoms with E-state index >= 15 is 0 Å². The minimum Gasteiger partial charge on any atom is -0.497 e. The Bertz CT molecular complexity index is 1110. The lowest BCUT2D eigenvalue weighted by Gasteiger charge is -2.31. The first-order valence-electron chi connectivity index (χ1n) is 12.0. The maximum atomic E-state index is 13.4. The standard InChI is InChI=1S/C26H36ClN3O5S/c1-5-17-28-26(32)24(6-2)29(19-20-10-7-8-11-23(20)27)25(31)12-9-18-30(36(4,33)34)21-13-15-22(35-3)16-14-21/h7-8,10-11,13-16,24H,5-6,9,12,17-19H2,1-4H3,(H,28,32). The third-order valence-electron chi connectivity index (χ3n) is 5.75. The maximum absolute atomic E-state index is 13.4. The highest BCUT2D eigenvalue weighted by molar-refractivity contribution is 7.92. The van der Waals surface area contributed by atoms with Gasteiger partial charge >= 0.3 is 0 Å². The number of methoxy groups -OCH3 is 1.